The third kappa shape index (κ3) is 4.57. The van der Waals surface area contributed by atoms with Crippen molar-refractivity contribution in [3.63, 3.8) is 0 Å². The Morgan fingerprint density at radius 1 is 1.38 bits per heavy atom. The van der Waals surface area contributed by atoms with Crippen LogP contribution in [0.2, 0.25) is 0 Å². The van der Waals surface area contributed by atoms with Crippen molar-refractivity contribution in [2.45, 2.75) is 19.4 Å². The molecule has 0 aliphatic carbocycles. The zero-order valence-electron chi connectivity index (χ0n) is 10.2. The molecule has 1 aromatic rings. The van der Waals surface area contributed by atoms with Gasteiger partial charge in [-0.1, -0.05) is 0 Å². The summed E-state index contributed by atoms with van der Waals surface area (Å²) in [6, 6.07) is 0. The van der Waals surface area contributed by atoms with Crippen LogP contribution in [0, 0.1) is 0 Å². The molecule has 0 aliphatic rings. The number of ether oxygens (including phenoxy) is 1. The molecule has 0 fully saturated rings. The number of thiazole rings is 1. The summed E-state index contributed by atoms with van der Waals surface area (Å²) >= 11 is 1.69. The van der Waals surface area contributed by atoms with Gasteiger partial charge in [-0.15, -0.1) is 11.3 Å². The van der Waals surface area contributed by atoms with E-state index in [0.717, 1.165) is 31.2 Å². The highest BCUT2D eigenvalue weighted by Crippen LogP contribution is 2.21. The van der Waals surface area contributed by atoms with E-state index in [4.69, 9.17) is 4.74 Å². The van der Waals surface area contributed by atoms with Gasteiger partial charge >= 0.3 is 0 Å². The van der Waals surface area contributed by atoms with Gasteiger partial charge in [0.1, 0.15) is 5.01 Å². The maximum Gasteiger partial charge on any atom is 0.112 e. The molecule has 0 spiro atoms. The fourth-order valence-electron chi connectivity index (χ4n) is 1.37. The first-order chi connectivity index (χ1) is 7.67. The van der Waals surface area contributed by atoms with E-state index >= 15 is 0 Å². The van der Waals surface area contributed by atoms with Gasteiger partial charge in [-0.25, -0.2) is 4.98 Å². The van der Waals surface area contributed by atoms with Crippen molar-refractivity contribution in [2.75, 3.05) is 33.4 Å². The van der Waals surface area contributed by atoms with E-state index < -0.39 is 0 Å². The van der Waals surface area contributed by atoms with Crippen LogP contribution in [0.3, 0.4) is 0 Å². The molecule has 0 atom stereocenters. The lowest BCUT2D eigenvalue weighted by Crippen LogP contribution is -2.40. The number of rotatable bonds is 8. The Labute approximate surface area is 101 Å². The highest BCUT2D eigenvalue weighted by atomic mass is 32.1. The lowest BCUT2D eigenvalue weighted by molar-refractivity contribution is 0.199. The Hall–Kier alpha value is -0.490. The third-order valence-electron chi connectivity index (χ3n) is 2.32. The Morgan fingerprint density at radius 2 is 2.19 bits per heavy atom. The first-order valence-electron chi connectivity index (χ1n) is 5.51. The van der Waals surface area contributed by atoms with Crippen LogP contribution < -0.4 is 10.6 Å². The summed E-state index contributed by atoms with van der Waals surface area (Å²) < 4.78 is 4.96. The normalized spacial score (nSPS) is 11.9. The Bertz CT molecular complexity index is 275. The van der Waals surface area contributed by atoms with Crippen molar-refractivity contribution < 1.29 is 4.74 Å². The minimum atomic E-state index is -0.0445. The van der Waals surface area contributed by atoms with Crippen LogP contribution >= 0.6 is 11.3 Å². The highest BCUT2D eigenvalue weighted by Gasteiger charge is 2.21. The second kappa shape index (κ2) is 6.96. The third-order valence-corrected chi connectivity index (χ3v) is 3.42. The Balaban J connectivity index is 2.17. The first kappa shape index (κ1) is 13.6. The number of nitrogens with one attached hydrogen (secondary N) is 2. The predicted molar refractivity (Wildman–Crippen MR) is 67.9 cm³/mol. The van der Waals surface area contributed by atoms with E-state index in [-0.39, 0.29) is 5.54 Å². The predicted octanol–water partition coefficient (Wildman–Crippen LogP) is 1.20. The molecule has 2 N–H and O–H groups in total. The van der Waals surface area contributed by atoms with Crippen LogP contribution in [0.25, 0.3) is 0 Å². The van der Waals surface area contributed by atoms with Gasteiger partial charge in [0.2, 0.25) is 0 Å². The van der Waals surface area contributed by atoms with Crippen LogP contribution in [-0.2, 0) is 10.3 Å². The smallest absolute Gasteiger partial charge is 0.112 e. The average molecular weight is 243 g/mol. The lowest BCUT2D eigenvalue weighted by Gasteiger charge is -2.23. The van der Waals surface area contributed by atoms with Crippen LogP contribution in [-0.4, -0.2) is 38.3 Å². The number of methoxy groups -OCH3 is 1. The number of nitrogens with zero attached hydrogens (tertiary/aromatic N) is 1. The zero-order chi connectivity index (χ0) is 11.9. The molecular weight excluding hydrogens is 222 g/mol. The maximum absolute atomic E-state index is 4.96. The van der Waals surface area contributed by atoms with Crippen molar-refractivity contribution in [1.82, 2.24) is 15.6 Å². The van der Waals surface area contributed by atoms with Gasteiger partial charge in [0.05, 0.1) is 12.1 Å². The minimum absolute atomic E-state index is 0.0445. The first-order valence-corrected chi connectivity index (χ1v) is 6.39. The number of hydrogen-bond donors (Lipinski definition) is 2. The van der Waals surface area contributed by atoms with Crippen LogP contribution in [0.5, 0.6) is 0 Å². The van der Waals surface area contributed by atoms with Gasteiger partial charge in [-0.05, 0) is 13.8 Å². The molecule has 5 heteroatoms. The summed E-state index contributed by atoms with van der Waals surface area (Å²) in [5.41, 5.74) is -0.0445. The molecular formula is C11H21N3OS. The average Bonchev–Trinajstić information content (AvgIpc) is 2.77. The molecule has 0 aromatic carbocycles. The fraction of sp³-hybridized carbons (Fsp3) is 0.727. The molecule has 0 saturated heterocycles. The molecule has 16 heavy (non-hydrogen) atoms. The summed E-state index contributed by atoms with van der Waals surface area (Å²) in [7, 11) is 1.71. The summed E-state index contributed by atoms with van der Waals surface area (Å²) in [5.74, 6) is 0. The van der Waals surface area contributed by atoms with E-state index in [0.29, 0.717) is 0 Å². The standard InChI is InChI=1S/C11H21N3OS/c1-11(2,10-13-7-9-16-10)14-5-4-12-6-8-15-3/h7,9,12,14H,4-6,8H2,1-3H3. The topological polar surface area (TPSA) is 46.2 Å². The van der Waals surface area contributed by atoms with Crippen LogP contribution in [0.15, 0.2) is 11.6 Å². The summed E-state index contributed by atoms with van der Waals surface area (Å²) in [6.07, 6.45) is 1.85. The van der Waals surface area contributed by atoms with Gasteiger partial charge < -0.3 is 15.4 Å². The largest absolute Gasteiger partial charge is 0.383 e. The van der Waals surface area contributed by atoms with Crippen LogP contribution in [0.4, 0.5) is 0 Å². The summed E-state index contributed by atoms with van der Waals surface area (Å²) in [4.78, 5) is 4.33. The van der Waals surface area contributed by atoms with Crippen LogP contribution in [0.1, 0.15) is 18.9 Å². The lowest BCUT2D eigenvalue weighted by atomic mass is 10.1. The molecule has 0 saturated carbocycles. The van der Waals surface area contributed by atoms with Gasteiger partial charge in [-0.3, -0.25) is 0 Å². The molecule has 0 radical (unpaired) electrons. The molecule has 1 rings (SSSR count). The van der Waals surface area contributed by atoms with Crippen molar-refractivity contribution in [3.8, 4) is 0 Å². The Morgan fingerprint density at radius 3 is 2.81 bits per heavy atom. The summed E-state index contributed by atoms with van der Waals surface area (Å²) in [6.45, 7) is 7.84. The van der Waals surface area contributed by atoms with Gasteiger partial charge in [0.25, 0.3) is 0 Å². The second-order valence-corrected chi connectivity index (χ2v) is 5.03. The molecule has 0 bridgehead atoms. The van der Waals surface area contributed by atoms with Gasteiger partial charge in [0.15, 0.2) is 0 Å². The van der Waals surface area contributed by atoms with Crippen molar-refractivity contribution in [1.29, 1.82) is 0 Å². The molecule has 92 valence electrons. The molecule has 0 aliphatic heterocycles. The molecule has 0 unspecified atom stereocenters. The maximum atomic E-state index is 4.96. The van der Waals surface area contributed by atoms with Gasteiger partial charge in [0, 0.05) is 38.3 Å². The molecule has 1 heterocycles. The van der Waals surface area contributed by atoms with E-state index in [2.05, 4.69) is 29.5 Å². The summed E-state index contributed by atoms with van der Waals surface area (Å²) in [5, 5.41) is 9.92. The highest BCUT2D eigenvalue weighted by molar-refractivity contribution is 7.09. The van der Waals surface area contributed by atoms with Gasteiger partial charge in [-0.2, -0.15) is 0 Å². The van der Waals surface area contributed by atoms with E-state index in [1.807, 2.05) is 11.6 Å². The Kier molecular flexibility index (Phi) is 5.90. The SMILES string of the molecule is COCCNCCNC(C)(C)c1nccs1. The van der Waals surface area contributed by atoms with E-state index in [1.165, 1.54) is 0 Å². The molecule has 4 nitrogen and oxygen atoms in total. The monoisotopic (exact) mass is 243 g/mol. The van der Waals surface area contributed by atoms with E-state index in [9.17, 15) is 0 Å². The molecule has 1 aromatic heterocycles. The second-order valence-electron chi connectivity index (χ2n) is 4.13. The van der Waals surface area contributed by atoms with Crippen molar-refractivity contribution in [3.05, 3.63) is 16.6 Å². The minimum Gasteiger partial charge on any atom is -0.383 e. The molecule has 0 amide bonds. The number of aromatic nitrogens is 1. The van der Waals surface area contributed by atoms with Crippen molar-refractivity contribution in [2.24, 2.45) is 0 Å². The van der Waals surface area contributed by atoms with Crippen molar-refractivity contribution >= 4 is 11.3 Å². The number of hydrogen-bond acceptors (Lipinski definition) is 5. The zero-order valence-corrected chi connectivity index (χ0v) is 11.1. The quantitative estimate of drug-likeness (QED) is 0.674. The fourth-order valence-corrected chi connectivity index (χ4v) is 2.11. The van der Waals surface area contributed by atoms with E-state index in [1.54, 1.807) is 18.4 Å².